The molecule has 0 amide bonds. The third kappa shape index (κ3) is 1.26. The maximum atomic E-state index is 4.06. The number of pyridine rings is 1. The molecule has 0 aliphatic rings. The number of nitrogens with zero attached hydrogens (tertiary/aromatic N) is 1. The minimum absolute atomic E-state index is 1.16. The van der Waals surface area contributed by atoms with E-state index in [0.29, 0.717) is 0 Å². The van der Waals surface area contributed by atoms with Crippen LogP contribution in [0.15, 0.2) is 18.5 Å². The molecule has 0 saturated heterocycles. The molecule has 2 heterocycles. The van der Waals surface area contributed by atoms with Crippen LogP contribution in [-0.4, -0.2) is 9.97 Å². The highest BCUT2D eigenvalue weighted by Gasteiger charge is 2.04. The largest absolute Gasteiger partial charge is 0.349 e. The van der Waals surface area contributed by atoms with Gasteiger partial charge in [-0.1, -0.05) is 0 Å². The summed E-state index contributed by atoms with van der Waals surface area (Å²) in [7, 11) is 0. The second-order valence-electron chi connectivity index (χ2n) is 2.17. The average Bonchev–Trinajstić information content (AvgIpc) is 2.30. The molecule has 1 N–H and O–H groups in total. The highest BCUT2D eigenvalue weighted by Crippen LogP contribution is 2.23. The molecule has 0 radical (unpaired) electrons. The number of rotatable bonds is 0. The summed E-state index contributed by atoms with van der Waals surface area (Å²) in [6.45, 7) is 0. The lowest BCUT2D eigenvalue weighted by molar-refractivity contribution is 1.35. The molecule has 0 fully saturated rings. The maximum Gasteiger partial charge on any atom is 0.0918 e. The summed E-state index contributed by atoms with van der Waals surface area (Å²) in [5, 5.41) is 1.21. The van der Waals surface area contributed by atoms with E-state index in [2.05, 4.69) is 55.1 Å². The van der Waals surface area contributed by atoms with E-state index in [4.69, 9.17) is 0 Å². The Morgan fingerprint density at radius 3 is 2.91 bits per heavy atom. The minimum Gasteiger partial charge on any atom is -0.349 e. The van der Waals surface area contributed by atoms with Gasteiger partial charge in [0.05, 0.1) is 12.8 Å². The van der Waals surface area contributed by atoms with Crippen LogP contribution in [0.4, 0.5) is 0 Å². The van der Waals surface area contributed by atoms with E-state index in [1.165, 1.54) is 12.7 Å². The Labute approximate surface area is 91.1 Å². The fourth-order valence-corrected chi connectivity index (χ4v) is 2.12. The van der Waals surface area contributed by atoms with Crippen LogP contribution in [0, 0.1) is 7.27 Å². The van der Waals surface area contributed by atoms with Gasteiger partial charge in [-0.3, -0.25) is 4.98 Å². The average molecular weight is 370 g/mol. The van der Waals surface area contributed by atoms with Gasteiger partial charge in [-0.05, 0) is 51.2 Å². The fraction of sp³-hybridized carbons (Fsp3) is 0. The van der Waals surface area contributed by atoms with Crippen LogP contribution >= 0.6 is 45.2 Å². The second kappa shape index (κ2) is 2.89. The van der Waals surface area contributed by atoms with Crippen LogP contribution in [0.3, 0.4) is 0 Å². The van der Waals surface area contributed by atoms with Gasteiger partial charge in [0.1, 0.15) is 0 Å². The molecule has 11 heavy (non-hydrogen) atoms. The molecule has 2 aromatic heterocycles. The van der Waals surface area contributed by atoms with Gasteiger partial charge in [-0.2, -0.15) is 0 Å². The van der Waals surface area contributed by atoms with E-state index in [1.54, 1.807) is 6.20 Å². The summed E-state index contributed by atoms with van der Waals surface area (Å²) in [5.41, 5.74) is 1.16. The Balaban J connectivity index is 2.92. The zero-order valence-corrected chi connectivity index (χ0v) is 9.75. The Kier molecular flexibility index (Phi) is 2.04. The lowest BCUT2D eigenvalue weighted by Crippen LogP contribution is -1.70. The highest BCUT2D eigenvalue weighted by atomic mass is 127. The molecular weight excluding hydrogens is 366 g/mol. The predicted molar refractivity (Wildman–Crippen MR) is 61.5 cm³/mol. The molecule has 0 bridgehead atoms. The van der Waals surface area contributed by atoms with E-state index >= 15 is 0 Å². The molecule has 0 aliphatic carbocycles. The van der Waals surface area contributed by atoms with Crippen molar-refractivity contribution in [2.75, 3.05) is 0 Å². The van der Waals surface area contributed by atoms with Gasteiger partial charge in [-0.15, -0.1) is 0 Å². The van der Waals surface area contributed by atoms with Crippen LogP contribution < -0.4 is 0 Å². The summed E-state index contributed by atoms with van der Waals surface area (Å²) in [4.78, 5) is 7.32. The third-order valence-corrected chi connectivity index (χ3v) is 4.46. The molecule has 0 aliphatic heterocycles. The summed E-state index contributed by atoms with van der Waals surface area (Å²) in [5.74, 6) is 0. The zero-order chi connectivity index (χ0) is 7.84. The second-order valence-corrected chi connectivity index (χ2v) is 4.33. The number of hydrogen-bond donors (Lipinski definition) is 1. The minimum atomic E-state index is 1.16. The van der Waals surface area contributed by atoms with Crippen molar-refractivity contribution in [2.45, 2.75) is 0 Å². The number of hydrogen-bond acceptors (Lipinski definition) is 1. The molecule has 2 rings (SSSR count). The van der Waals surface area contributed by atoms with Crippen molar-refractivity contribution in [1.82, 2.24) is 9.97 Å². The molecule has 0 saturated carbocycles. The van der Waals surface area contributed by atoms with Gasteiger partial charge in [0, 0.05) is 17.8 Å². The standard InChI is InChI=1S/C7H4I2N2/c8-6-4-3-10-2-1-5(4)11-7(6)9/h1-3,11H. The number of nitrogens with one attached hydrogen (secondary N) is 1. The van der Waals surface area contributed by atoms with E-state index in [1.807, 2.05) is 12.3 Å². The lowest BCUT2D eigenvalue weighted by Gasteiger charge is -1.85. The maximum absolute atomic E-state index is 4.06. The van der Waals surface area contributed by atoms with Gasteiger partial charge in [0.2, 0.25) is 0 Å². The van der Waals surface area contributed by atoms with E-state index in [9.17, 15) is 0 Å². The SMILES string of the molecule is Ic1[nH]c2ccncc2c1I. The van der Waals surface area contributed by atoms with Crippen LogP contribution in [0.1, 0.15) is 0 Å². The topological polar surface area (TPSA) is 28.7 Å². The highest BCUT2D eigenvalue weighted by molar-refractivity contribution is 14.1. The first-order valence-corrected chi connectivity index (χ1v) is 5.21. The van der Waals surface area contributed by atoms with Crippen molar-refractivity contribution in [3.05, 3.63) is 25.7 Å². The van der Waals surface area contributed by atoms with Crippen molar-refractivity contribution in [1.29, 1.82) is 0 Å². The van der Waals surface area contributed by atoms with Crippen LogP contribution in [-0.2, 0) is 0 Å². The van der Waals surface area contributed by atoms with Gasteiger partial charge in [-0.25, -0.2) is 0 Å². The molecule has 56 valence electrons. The zero-order valence-electron chi connectivity index (χ0n) is 5.44. The Bertz CT molecular complexity index is 394. The van der Waals surface area contributed by atoms with Crippen molar-refractivity contribution in [3.8, 4) is 0 Å². The summed E-state index contributed by atoms with van der Waals surface area (Å²) < 4.78 is 2.44. The van der Waals surface area contributed by atoms with Crippen molar-refractivity contribution in [2.24, 2.45) is 0 Å². The van der Waals surface area contributed by atoms with Gasteiger partial charge in [0.25, 0.3) is 0 Å². The Morgan fingerprint density at radius 2 is 2.18 bits per heavy atom. The molecule has 4 heteroatoms. The Hall–Kier alpha value is 0.150. The number of aromatic amines is 1. The summed E-state index contributed by atoms with van der Waals surface area (Å²) in [6, 6.07) is 1.99. The van der Waals surface area contributed by atoms with Gasteiger partial charge in [0.15, 0.2) is 0 Å². The molecular formula is C7H4I2N2. The summed E-state index contributed by atoms with van der Waals surface area (Å²) in [6.07, 6.45) is 3.68. The molecule has 0 aromatic carbocycles. The monoisotopic (exact) mass is 370 g/mol. The van der Waals surface area contributed by atoms with E-state index in [-0.39, 0.29) is 0 Å². The third-order valence-electron chi connectivity index (χ3n) is 1.49. The summed E-state index contributed by atoms with van der Waals surface area (Å²) >= 11 is 4.61. The number of fused-ring (bicyclic) bond motifs is 1. The first-order chi connectivity index (χ1) is 5.29. The lowest BCUT2D eigenvalue weighted by atomic mass is 10.3. The molecule has 0 spiro atoms. The van der Waals surface area contributed by atoms with E-state index < -0.39 is 0 Å². The van der Waals surface area contributed by atoms with Crippen molar-refractivity contribution >= 4 is 56.1 Å². The Morgan fingerprint density at radius 1 is 1.36 bits per heavy atom. The van der Waals surface area contributed by atoms with Crippen LogP contribution in [0.2, 0.25) is 0 Å². The first-order valence-electron chi connectivity index (χ1n) is 3.06. The molecule has 0 unspecified atom stereocenters. The smallest absolute Gasteiger partial charge is 0.0918 e. The first kappa shape index (κ1) is 7.78. The molecule has 0 atom stereocenters. The number of H-pyrrole nitrogens is 1. The van der Waals surface area contributed by atoms with Crippen LogP contribution in [0.5, 0.6) is 0 Å². The van der Waals surface area contributed by atoms with Gasteiger partial charge < -0.3 is 4.98 Å². The van der Waals surface area contributed by atoms with Gasteiger partial charge >= 0.3 is 0 Å². The number of halogens is 2. The quantitative estimate of drug-likeness (QED) is 0.711. The van der Waals surface area contributed by atoms with Crippen LogP contribution in [0.25, 0.3) is 10.9 Å². The van der Waals surface area contributed by atoms with Crippen molar-refractivity contribution in [3.63, 3.8) is 0 Å². The number of aromatic nitrogens is 2. The molecule has 2 nitrogen and oxygen atoms in total. The normalized spacial score (nSPS) is 10.7. The van der Waals surface area contributed by atoms with E-state index in [0.717, 1.165) is 5.52 Å². The predicted octanol–water partition coefficient (Wildman–Crippen LogP) is 2.77. The fourth-order valence-electron chi connectivity index (χ4n) is 0.970. The molecule has 2 aromatic rings. The van der Waals surface area contributed by atoms with Crippen molar-refractivity contribution < 1.29 is 0 Å².